The van der Waals surface area contributed by atoms with Crippen LogP contribution in [0.15, 0.2) is 141 Å². The summed E-state index contributed by atoms with van der Waals surface area (Å²) in [6.07, 6.45) is 2.50. The summed E-state index contributed by atoms with van der Waals surface area (Å²) < 4.78 is 7.85. The van der Waals surface area contributed by atoms with Crippen LogP contribution in [0.4, 0.5) is 5.69 Å². The number of nitro benzene ring substituents is 1. The molecule has 0 aliphatic heterocycles. The van der Waals surface area contributed by atoms with Crippen molar-refractivity contribution in [2.75, 3.05) is 6.54 Å². The topological polar surface area (TPSA) is 85.9 Å². The van der Waals surface area contributed by atoms with Crippen LogP contribution >= 0.6 is 11.3 Å². The summed E-state index contributed by atoms with van der Waals surface area (Å²) in [4.78, 5) is 16.2. The average Bonchev–Trinajstić information content (AvgIpc) is 3.68. The molecule has 8 heteroatoms. The molecule has 0 spiro atoms. The van der Waals surface area contributed by atoms with E-state index in [9.17, 15) is 10.1 Å². The Balaban J connectivity index is 1.30. The summed E-state index contributed by atoms with van der Waals surface area (Å²) >= 11 is 1.54. The van der Waals surface area contributed by atoms with Crippen LogP contribution in [-0.2, 0) is 6.42 Å². The van der Waals surface area contributed by atoms with Crippen LogP contribution in [-0.4, -0.2) is 22.4 Å². The number of aromatic nitrogens is 1. The van der Waals surface area contributed by atoms with Crippen molar-refractivity contribution in [1.82, 2.24) is 4.68 Å². The molecular formula is C34H26N4O3S. The quantitative estimate of drug-likeness (QED) is 0.100. The molecule has 0 unspecified atom stereocenters. The van der Waals surface area contributed by atoms with Crippen molar-refractivity contribution >= 4 is 23.2 Å². The molecule has 6 rings (SSSR count). The maximum atomic E-state index is 11.0. The summed E-state index contributed by atoms with van der Waals surface area (Å²) in [7, 11) is 0. The minimum Gasteiger partial charge on any atom is -0.455 e. The number of thiazole rings is 1. The van der Waals surface area contributed by atoms with E-state index in [1.54, 1.807) is 29.7 Å². The molecule has 4 aromatic carbocycles. The molecule has 206 valence electrons. The largest absolute Gasteiger partial charge is 0.455 e. The summed E-state index contributed by atoms with van der Waals surface area (Å²) in [5, 5.41) is 17.8. The fourth-order valence-corrected chi connectivity index (χ4v) is 5.41. The zero-order chi connectivity index (χ0) is 28.7. The van der Waals surface area contributed by atoms with Crippen LogP contribution in [0.3, 0.4) is 0 Å². The van der Waals surface area contributed by atoms with Crippen molar-refractivity contribution in [2.24, 2.45) is 10.1 Å². The second-order valence-corrected chi connectivity index (χ2v) is 10.4. The van der Waals surface area contributed by atoms with Gasteiger partial charge in [0.25, 0.3) is 5.69 Å². The van der Waals surface area contributed by atoms with E-state index in [4.69, 9.17) is 14.5 Å². The lowest BCUT2D eigenvalue weighted by Crippen LogP contribution is -2.13. The summed E-state index contributed by atoms with van der Waals surface area (Å²) in [6.45, 7) is 0.636. The van der Waals surface area contributed by atoms with E-state index in [1.807, 2.05) is 53.2 Å². The molecule has 0 saturated heterocycles. The van der Waals surface area contributed by atoms with Crippen molar-refractivity contribution in [3.05, 3.63) is 153 Å². The summed E-state index contributed by atoms with van der Waals surface area (Å²) in [5.74, 6) is 1.16. The number of nitrogens with zero attached hydrogens (tertiary/aromatic N) is 4. The van der Waals surface area contributed by atoms with Gasteiger partial charge in [0, 0.05) is 35.2 Å². The molecule has 0 aliphatic rings. The molecule has 42 heavy (non-hydrogen) atoms. The normalized spacial score (nSPS) is 11.8. The minimum absolute atomic E-state index is 0.0359. The van der Waals surface area contributed by atoms with Gasteiger partial charge in [-0.25, -0.2) is 4.68 Å². The van der Waals surface area contributed by atoms with Crippen LogP contribution in [0.25, 0.3) is 33.7 Å². The minimum atomic E-state index is -0.419. The first-order chi connectivity index (χ1) is 20.6. The zero-order valence-corrected chi connectivity index (χ0v) is 23.4. The molecule has 0 saturated carbocycles. The van der Waals surface area contributed by atoms with Crippen molar-refractivity contribution in [3.8, 4) is 33.7 Å². The van der Waals surface area contributed by atoms with Gasteiger partial charge in [0.1, 0.15) is 11.5 Å². The van der Waals surface area contributed by atoms with Gasteiger partial charge in [-0.1, -0.05) is 84.9 Å². The van der Waals surface area contributed by atoms with Gasteiger partial charge >= 0.3 is 0 Å². The van der Waals surface area contributed by atoms with Crippen molar-refractivity contribution in [3.63, 3.8) is 0 Å². The highest BCUT2D eigenvalue weighted by Crippen LogP contribution is 2.26. The molecule has 0 aliphatic carbocycles. The number of nitro groups is 1. The third kappa shape index (κ3) is 6.19. The third-order valence-corrected chi connectivity index (χ3v) is 7.61. The van der Waals surface area contributed by atoms with Gasteiger partial charge in [-0.15, -0.1) is 11.3 Å². The molecule has 7 nitrogen and oxygen atoms in total. The second-order valence-electron chi connectivity index (χ2n) is 9.53. The summed E-state index contributed by atoms with van der Waals surface area (Å²) in [5.41, 5.74) is 6.28. The number of non-ortho nitro benzene ring substituents is 1. The first-order valence-corrected chi connectivity index (χ1v) is 14.3. The fourth-order valence-electron chi connectivity index (χ4n) is 4.55. The molecule has 0 fully saturated rings. The monoisotopic (exact) mass is 570 g/mol. The highest BCUT2D eigenvalue weighted by Gasteiger charge is 2.10. The van der Waals surface area contributed by atoms with E-state index in [-0.39, 0.29) is 5.69 Å². The van der Waals surface area contributed by atoms with Crippen LogP contribution < -0.4 is 4.80 Å². The van der Waals surface area contributed by atoms with Gasteiger partial charge in [-0.2, -0.15) is 5.10 Å². The summed E-state index contributed by atoms with van der Waals surface area (Å²) in [6, 6.07) is 39.0. The average molecular weight is 571 g/mol. The molecule has 0 radical (unpaired) electrons. The predicted molar refractivity (Wildman–Crippen MR) is 168 cm³/mol. The van der Waals surface area contributed by atoms with Crippen molar-refractivity contribution in [2.45, 2.75) is 6.42 Å². The molecule has 6 aromatic rings. The molecule has 0 atom stereocenters. The Labute approximate surface area is 246 Å². The Morgan fingerprint density at radius 2 is 1.40 bits per heavy atom. The number of hydrogen-bond donors (Lipinski definition) is 0. The highest BCUT2D eigenvalue weighted by atomic mass is 32.1. The lowest BCUT2D eigenvalue weighted by molar-refractivity contribution is -0.384. The van der Waals surface area contributed by atoms with Crippen LogP contribution in [0, 0.1) is 10.1 Å². The first-order valence-electron chi connectivity index (χ1n) is 13.4. The maximum Gasteiger partial charge on any atom is 0.269 e. The fraction of sp³-hybridized carbons (Fsp3) is 0.0588. The van der Waals surface area contributed by atoms with E-state index >= 15 is 0 Å². The van der Waals surface area contributed by atoms with Crippen LogP contribution in [0.1, 0.15) is 11.3 Å². The van der Waals surface area contributed by atoms with Gasteiger partial charge in [0.05, 0.1) is 16.8 Å². The highest BCUT2D eigenvalue weighted by molar-refractivity contribution is 7.07. The molecule has 0 bridgehead atoms. The van der Waals surface area contributed by atoms with E-state index in [0.717, 1.165) is 33.6 Å². The first kappa shape index (κ1) is 26.9. The molecule has 0 N–H and O–H groups in total. The smallest absolute Gasteiger partial charge is 0.269 e. The number of furan rings is 1. The lowest BCUT2D eigenvalue weighted by Gasteiger charge is -2.06. The molecule has 0 amide bonds. The molecular weight excluding hydrogens is 544 g/mol. The SMILES string of the molecule is O=[N+]([O-])c1ccc(-c2ccc(C=Nn3c(-c4ccc(-c5ccccc5)cc4)csc3=NCCc3ccccc3)o2)cc1. The van der Waals surface area contributed by atoms with Crippen molar-refractivity contribution in [1.29, 1.82) is 0 Å². The van der Waals surface area contributed by atoms with Gasteiger partial charge in [0.15, 0.2) is 0 Å². The van der Waals surface area contributed by atoms with E-state index in [0.29, 0.717) is 18.1 Å². The van der Waals surface area contributed by atoms with Gasteiger partial charge in [-0.05, 0) is 47.4 Å². The zero-order valence-electron chi connectivity index (χ0n) is 22.5. The Morgan fingerprint density at radius 1 is 0.762 bits per heavy atom. The molecule has 2 aromatic heterocycles. The van der Waals surface area contributed by atoms with Gasteiger partial charge in [-0.3, -0.25) is 15.1 Å². The predicted octanol–water partition coefficient (Wildman–Crippen LogP) is 8.08. The van der Waals surface area contributed by atoms with Crippen LogP contribution in [0.2, 0.25) is 0 Å². The number of rotatable bonds is 9. The Hall–Kier alpha value is -5.34. The Morgan fingerprint density at radius 3 is 2.12 bits per heavy atom. The standard InChI is InChI=1S/C34H26N4O3S/c39-38(40)30-17-15-29(16-18-30)33-20-19-31(41-33)23-36-37-32(24-42-34(37)35-22-21-25-7-3-1-4-8-25)28-13-11-27(12-14-28)26-9-5-2-6-10-26/h1-20,23-24H,21-22H2. The van der Waals surface area contributed by atoms with Crippen LogP contribution in [0.5, 0.6) is 0 Å². The van der Waals surface area contributed by atoms with Crippen molar-refractivity contribution < 1.29 is 9.34 Å². The number of benzene rings is 4. The van der Waals surface area contributed by atoms with Gasteiger partial charge < -0.3 is 4.42 Å². The van der Waals surface area contributed by atoms with E-state index < -0.39 is 4.92 Å². The number of hydrogen-bond acceptors (Lipinski definition) is 6. The van der Waals surface area contributed by atoms with E-state index in [1.165, 1.54) is 23.3 Å². The Kier molecular flexibility index (Phi) is 7.96. The second kappa shape index (κ2) is 12.4. The lowest BCUT2D eigenvalue weighted by atomic mass is 10.0. The van der Waals surface area contributed by atoms with E-state index in [2.05, 4.69) is 53.9 Å². The van der Waals surface area contributed by atoms with Gasteiger partial charge in [0.2, 0.25) is 4.80 Å². The Bertz CT molecular complexity index is 1890. The maximum absolute atomic E-state index is 11.0. The molecule has 2 heterocycles. The third-order valence-electron chi connectivity index (χ3n) is 6.75.